The van der Waals surface area contributed by atoms with Crippen LogP contribution in [0.1, 0.15) is 17.7 Å². The third-order valence-electron chi connectivity index (χ3n) is 4.89. The van der Waals surface area contributed by atoms with E-state index in [-0.39, 0.29) is 34.0 Å². The number of quaternary nitrogens is 1. The SMILES string of the molecule is Cn1cc(CCc2cccc[n+]2CCC[N+](C)(C)C)c2ccccc21.[Br-].[Br-]. The Morgan fingerprint density at radius 1 is 0.926 bits per heavy atom. The van der Waals surface area contributed by atoms with Gasteiger partial charge in [0.1, 0.15) is 0 Å². The molecule has 0 saturated heterocycles. The van der Waals surface area contributed by atoms with Gasteiger partial charge in [0.05, 0.1) is 34.1 Å². The molecule has 3 nitrogen and oxygen atoms in total. The van der Waals surface area contributed by atoms with E-state index in [2.05, 4.69) is 92.2 Å². The quantitative estimate of drug-likeness (QED) is 0.250. The monoisotopic (exact) mass is 495 g/mol. The van der Waals surface area contributed by atoms with Gasteiger partial charge in [-0.3, -0.25) is 0 Å². The Kier molecular flexibility index (Phi) is 9.19. The Labute approximate surface area is 184 Å². The van der Waals surface area contributed by atoms with Crippen molar-refractivity contribution < 1.29 is 43.0 Å². The van der Waals surface area contributed by atoms with E-state index in [4.69, 9.17) is 0 Å². The van der Waals surface area contributed by atoms with Gasteiger partial charge in [-0.25, -0.2) is 4.57 Å². The van der Waals surface area contributed by atoms with Gasteiger partial charge in [-0.2, -0.15) is 0 Å². The average Bonchev–Trinajstić information content (AvgIpc) is 2.89. The predicted octanol–water partition coefficient (Wildman–Crippen LogP) is -2.64. The van der Waals surface area contributed by atoms with Crippen molar-refractivity contribution in [3.63, 3.8) is 0 Å². The van der Waals surface area contributed by atoms with Crippen LogP contribution in [0.25, 0.3) is 10.9 Å². The lowest BCUT2D eigenvalue weighted by atomic mass is 10.1. The van der Waals surface area contributed by atoms with Crippen molar-refractivity contribution in [2.45, 2.75) is 25.8 Å². The fourth-order valence-corrected chi connectivity index (χ4v) is 3.56. The van der Waals surface area contributed by atoms with E-state index in [9.17, 15) is 0 Å². The van der Waals surface area contributed by atoms with E-state index in [0.717, 1.165) is 23.9 Å². The number of hydrogen-bond donors (Lipinski definition) is 0. The van der Waals surface area contributed by atoms with Gasteiger partial charge in [0.2, 0.25) is 0 Å². The van der Waals surface area contributed by atoms with Crippen LogP contribution in [0.15, 0.2) is 54.9 Å². The first-order valence-corrected chi connectivity index (χ1v) is 9.25. The summed E-state index contributed by atoms with van der Waals surface area (Å²) in [5, 5.41) is 1.39. The molecule has 5 heteroatoms. The number of hydrogen-bond acceptors (Lipinski definition) is 0. The predicted molar refractivity (Wildman–Crippen MR) is 104 cm³/mol. The Hall–Kier alpha value is -1.17. The van der Waals surface area contributed by atoms with Crippen LogP contribution in [0.5, 0.6) is 0 Å². The fourth-order valence-electron chi connectivity index (χ4n) is 3.56. The second-order valence-electron chi connectivity index (χ2n) is 8.04. The molecule has 0 unspecified atom stereocenters. The van der Waals surface area contributed by atoms with Crippen molar-refractivity contribution in [2.24, 2.45) is 7.05 Å². The molecule has 0 bridgehead atoms. The van der Waals surface area contributed by atoms with Gasteiger partial charge in [0.25, 0.3) is 0 Å². The van der Waals surface area contributed by atoms with Crippen LogP contribution in [0.4, 0.5) is 0 Å². The molecule has 0 saturated carbocycles. The number of aryl methyl sites for hydroxylation is 4. The second-order valence-corrected chi connectivity index (χ2v) is 8.04. The van der Waals surface area contributed by atoms with Crippen LogP contribution < -0.4 is 38.5 Å². The van der Waals surface area contributed by atoms with Crippen LogP contribution >= 0.6 is 0 Å². The maximum Gasteiger partial charge on any atom is 0.181 e. The molecule has 3 rings (SSSR count). The second kappa shape index (κ2) is 10.4. The number of fused-ring (bicyclic) bond motifs is 1. The van der Waals surface area contributed by atoms with Crippen molar-refractivity contribution in [3.8, 4) is 0 Å². The topological polar surface area (TPSA) is 8.81 Å². The zero-order valence-electron chi connectivity index (χ0n) is 16.8. The number of benzene rings is 1. The van der Waals surface area contributed by atoms with Gasteiger partial charge in [0, 0.05) is 42.7 Å². The summed E-state index contributed by atoms with van der Waals surface area (Å²) in [6.07, 6.45) is 7.89. The molecular formula is C22H31Br2N3. The minimum absolute atomic E-state index is 0. The molecule has 0 spiro atoms. The van der Waals surface area contributed by atoms with E-state index in [1.807, 2.05) is 0 Å². The highest BCUT2D eigenvalue weighted by Crippen LogP contribution is 2.21. The largest absolute Gasteiger partial charge is 1.00 e. The summed E-state index contributed by atoms with van der Waals surface area (Å²) in [6, 6.07) is 15.3. The molecule has 2 heterocycles. The number of rotatable bonds is 7. The zero-order valence-corrected chi connectivity index (χ0v) is 20.0. The van der Waals surface area contributed by atoms with Gasteiger partial charge in [0.15, 0.2) is 18.4 Å². The summed E-state index contributed by atoms with van der Waals surface area (Å²) in [4.78, 5) is 0. The molecule has 0 N–H and O–H groups in total. The number of aromatic nitrogens is 2. The summed E-state index contributed by atoms with van der Waals surface area (Å²) >= 11 is 0. The number of nitrogens with zero attached hydrogens (tertiary/aromatic N) is 3. The molecule has 0 radical (unpaired) electrons. The standard InChI is InChI=1S/C22H31N3.2BrH/c1-23-18-19(21-11-5-6-12-22(21)23)13-14-20-10-7-8-15-24(20)16-9-17-25(2,3)4;;/h5-8,10-12,15,18H,9,13-14,16-17H2,1-4H3;2*1H/q+2;;/p-2. The van der Waals surface area contributed by atoms with Crippen molar-refractivity contribution in [1.82, 2.24) is 4.57 Å². The summed E-state index contributed by atoms with van der Waals surface area (Å²) in [5.74, 6) is 0. The molecule has 0 aliphatic rings. The molecular weight excluding hydrogens is 466 g/mol. The normalized spacial score (nSPS) is 11.1. The van der Waals surface area contributed by atoms with Crippen molar-refractivity contribution in [3.05, 3.63) is 66.1 Å². The Bertz CT molecular complexity index is 850. The highest BCUT2D eigenvalue weighted by atomic mass is 79.9. The molecule has 0 aliphatic carbocycles. The lowest BCUT2D eigenvalue weighted by molar-refractivity contribution is -0.873. The molecule has 0 fully saturated rings. The maximum absolute atomic E-state index is 2.43. The van der Waals surface area contributed by atoms with E-state index in [1.54, 1.807) is 0 Å². The van der Waals surface area contributed by atoms with Gasteiger partial charge in [-0.15, -0.1) is 0 Å². The molecule has 0 aliphatic heterocycles. The van der Waals surface area contributed by atoms with E-state index < -0.39 is 0 Å². The molecule has 2 aromatic heterocycles. The van der Waals surface area contributed by atoms with E-state index >= 15 is 0 Å². The lowest BCUT2D eigenvalue weighted by Crippen LogP contribution is -3.00. The number of para-hydroxylation sites is 1. The highest BCUT2D eigenvalue weighted by molar-refractivity contribution is 5.83. The molecule has 1 aromatic carbocycles. The third-order valence-corrected chi connectivity index (χ3v) is 4.89. The fraction of sp³-hybridized carbons (Fsp3) is 0.409. The van der Waals surface area contributed by atoms with Crippen LogP contribution in [0, 0.1) is 0 Å². The van der Waals surface area contributed by atoms with Crippen molar-refractivity contribution in [2.75, 3.05) is 27.7 Å². The van der Waals surface area contributed by atoms with Gasteiger partial charge in [-0.05, 0) is 18.1 Å². The Morgan fingerprint density at radius 3 is 2.37 bits per heavy atom. The molecule has 3 aromatic rings. The van der Waals surface area contributed by atoms with Crippen LogP contribution in [-0.2, 0) is 26.4 Å². The number of halogens is 2. The Balaban J connectivity index is 0.00000182. The minimum Gasteiger partial charge on any atom is -1.00 e. The molecule has 0 atom stereocenters. The van der Waals surface area contributed by atoms with Gasteiger partial charge < -0.3 is 43.0 Å². The molecule has 148 valence electrons. The summed E-state index contributed by atoms with van der Waals surface area (Å²) in [7, 11) is 8.92. The summed E-state index contributed by atoms with van der Waals surface area (Å²) < 4.78 is 5.70. The smallest absolute Gasteiger partial charge is 0.181 e. The first-order chi connectivity index (χ1) is 11.9. The first-order valence-electron chi connectivity index (χ1n) is 9.25. The maximum atomic E-state index is 2.43. The Morgan fingerprint density at radius 2 is 1.63 bits per heavy atom. The summed E-state index contributed by atoms with van der Waals surface area (Å²) in [5.41, 5.74) is 4.19. The number of pyridine rings is 1. The minimum atomic E-state index is 0. The highest BCUT2D eigenvalue weighted by Gasteiger charge is 2.14. The van der Waals surface area contributed by atoms with Gasteiger partial charge in [-0.1, -0.05) is 24.3 Å². The zero-order chi connectivity index (χ0) is 17.9. The lowest BCUT2D eigenvalue weighted by Gasteiger charge is -2.23. The van der Waals surface area contributed by atoms with Crippen molar-refractivity contribution in [1.29, 1.82) is 0 Å². The van der Waals surface area contributed by atoms with Crippen LogP contribution in [0.2, 0.25) is 0 Å². The van der Waals surface area contributed by atoms with E-state index in [1.165, 1.54) is 35.1 Å². The van der Waals surface area contributed by atoms with Crippen LogP contribution in [0.3, 0.4) is 0 Å². The third kappa shape index (κ3) is 6.44. The first kappa shape index (κ1) is 23.9. The molecule has 0 amide bonds. The average molecular weight is 497 g/mol. The molecule has 27 heavy (non-hydrogen) atoms. The van der Waals surface area contributed by atoms with Gasteiger partial charge >= 0.3 is 0 Å². The van der Waals surface area contributed by atoms with Crippen molar-refractivity contribution >= 4 is 10.9 Å². The van der Waals surface area contributed by atoms with Crippen LogP contribution in [-0.4, -0.2) is 36.7 Å². The van der Waals surface area contributed by atoms with E-state index in [0.29, 0.717) is 0 Å². The summed E-state index contributed by atoms with van der Waals surface area (Å²) in [6.45, 7) is 2.30.